The van der Waals surface area contributed by atoms with Crippen molar-refractivity contribution >= 4 is 32.4 Å². The maximum atomic E-state index is 3.80. The van der Waals surface area contributed by atoms with Gasteiger partial charge in [0.25, 0.3) is 0 Å². The number of fused-ring (bicyclic) bond motifs is 3. The number of nitrogens with one attached hydrogen (secondary N) is 2. The van der Waals surface area contributed by atoms with Crippen molar-refractivity contribution in [3.8, 4) is 0 Å². The topological polar surface area (TPSA) is 27.8 Å². The number of rotatable bonds is 2. The fourth-order valence-corrected chi connectivity index (χ4v) is 5.31. The van der Waals surface area contributed by atoms with Gasteiger partial charge in [-0.05, 0) is 66.0 Å². The number of para-hydroxylation sites is 1. The Hall–Kier alpha value is -1.84. The van der Waals surface area contributed by atoms with E-state index in [2.05, 4.69) is 87.8 Å². The van der Waals surface area contributed by atoms with Crippen molar-refractivity contribution in [2.24, 2.45) is 5.92 Å². The van der Waals surface area contributed by atoms with Gasteiger partial charge in [0.1, 0.15) is 0 Å². The number of halogens is 1. The lowest BCUT2D eigenvalue weighted by Gasteiger charge is -2.36. The van der Waals surface area contributed by atoms with Gasteiger partial charge in [-0.15, -0.1) is 0 Å². The zero-order valence-corrected chi connectivity index (χ0v) is 17.2. The maximum absolute atomic E-state index is 3.80. The van der Waals surface area contributed by atoms with Gasteiger partial charge in [-0.3, -0.25) is 0 Å². The van der Waals surface area contributed by atoms with Crippen LogP contribution in [0.3, 0.4) is 0 Å². The summed E-state index contributed by atoms with van der Waals surface area (Å²) in [7, 11) is 0. The Balaban J connectivity index is 1.41. The van der Waals surface area contributed by atoms with E-state index < -0.39 is 0 Å². The fourth-order valence-electron chi connectivity index (χ4n) is 5.04. The summed E-state index contributed by atoms with van der Waals surface area (Å²) in [4.78, 5) is 3.69. The zero-order valence-electron chi connectivity index (χ0n) is 15.6. The van der Waals surface area contributed by atoms with E-state index in [9.17, 15) is 0 Å². The number of aromatic nitrogens is 1. The van der Waals surface area contributed by atoms with Crippen molar-refractivity contribution in [1.29, 1.82) is 0 Å². The molecule has 0 bridgehead atoms. The average molecular weight is 421 g/mol. The molecule has 0 radical (unpaired) electrons. The molecular weight excluding hydrogens is 396 g/mol. The van der Waals surface area contributed by atoms with Gasteiger partial charge in [-0.1, -0.05) is 59.3 Å². The number of aromatic amines is 1. The van der Waals surface area contributed by atoms with E-state index in [-0.39, 0.29) is 0 Å². The highest BCUT2D eigenvalue weighted by Gasteiger charge is 2.33. The van der Waals surface area contributed by atoms with Crippen molar-refractivity contribution in [3.63, 3.8) is 0 Å². The third-order valence-electron chi connectivity index (χ3n) is 6.41. The summed E-state index contributed by atoms with van der Waals surface area (Å²) in [6, 6.07) is 18.1. The molecule has 2 aliphatic rings. The summed E-state index contributed by atoms with van der Waals surface area (Å²) in [5, 5.41) is 5.22. The van der Waals surface area contributed by atoms with E-state index in [0.717, 1.165) is 17.4 Å². The Bertz CT molecular complexity index is 999. The molecule has 0 amide bonds. The standard InChI is InChI=1S/C24H25BrN2/c1-15-12-18(13-21-20-4-2-3-5-22(20)27-24(15)21)23-14-17(10-11-26-23)16-6-8-19(25)9-7-16/h2-10,15,18,23,26-27H,11-14H2,1H3. The Morgan fingerprint density at radius 1 is 1.00 bits per heavy atom. The first-order chi connectivity index (χ1) is 13.2. The van der Waals surface area contributed by atoms with E-state index >= 15 is 0 Å². The second-order valence-electron chi connectivity index (χ2n) is 8.12. The molecule has 3 unspecified atom stereocenters. The van der Waals surface area contributed by atoms with Crippen LogP contribution in [0, 0.1) is 5.92 Å². The third kappa shape index (κ3) is 3.17. The molecule has 2 heterocycles. The molecule has 27 heavy (non-hydrogen) atoms. The first kappa shape index (κ1) is 17.3. The van der Waals surface area contributed by atoms with Crippen molar-refractivity contribution in [2.75, 3.05) is 6.54 Å². The van der Waals surface area contributed by atoms with Crippen LogP contribution in [0.1, 0.15) is 42.5 Å². The normalized spacial score (nSPS) is 25.3. The van der Waals surface area contributed by atoms with Crippen molar-refractivity contribution in [1.82, 2.24) is 10.3 Å². The number of benzene rings is 2. The van der Waals surface area contributed by atoms with Crippen LogP contribution in [0.2, 0.25) is 0 Å². The minimum Gasteiger partial charge on any atom is -0.358 e. The van der Waals surface area contributed by atoms with E-state index in [4.69, 9.17) is 0 Å². The molecule has 1 aromatic heterocycles. The molecule has 3 heteroatoms. The molecule has 2 nitrogen and oxygen atoms in total. The number of hydrogen-bond acceptors (Lipinski definition) is 1. The lowest BCUT2D eigenvalue weighted by molar-refractivity contribution is 0.306. The first-order valence-corrected chi connectivity index (χ1v) is 10.8. The number of hydrogen-bond donors (Lipinski definition) is 2. The van der Waals surface area contributed by atoms with Gasteiger partial charge in [0.15, 0.2) is 0 Å². The summed E-state index contributed by atoms with van der Waals surface area (Å²) >= 11 is 3.55. The van der Waals surface area contributed by atoms with Crippen LogP contribution in [-0.4, -0.2) is 17.6 Å². The Morgan fingerprint density at radius 2 is 1.81 bits per heavy atom. The summed E-state index contributed by atoms with van der Waals surface area (Å²) in [5.74, 6) is 1.28. The van der Waals surface area contributed by atoms with Crippen LogP contribution in [0.25, 0.3) is 16.5 Å². The molecule has 3 aromatic rings. The quantitative estimate of drug-likeness (QED) is 0.519. The zero-order chi connectivity index (χ0) is 18.4. The molecule has 138 valence electrons. The maximum Gasteiger partial charge on any atom is 0.0459 e. The first-order valence-electron chi connectivity index (χ1n) is 9.97. The van der Waals surface area contributed by atoms with Crippen molar-refractivity contribution < 1.29 is 0 Å². The predicted molar refractivity (Wildman–Crippen MR) is 117 cm³/mol. The highest BCUT2D eigenvalue weighted by molar-refractivity contribution is 9.10. The predicted octanol–water partition coefficient (Wildman–Crippen LogP) is 6.04. The van der Waals surface area contributed by atoms with Crippen LogP contribution >= 0.6 is 15.9 Å². The van der Waals surface area contributed by atoms with Crippen LogP contribution < -0.4 is 5.32 Å². The Kier molecular flexibility index (Phi) is 4.45. The molecule has 3 atom stereocenters. The second kappa shape index (κ2) is 6.96. The van der Waals surface area contributed by atoms with E-state index in [0.29, 0.717) is 17.9 Å². The van der Waals surface area contributed by atoms with Crippen molar-refractivity contribution in [3.05, 3.63) is 75.9 Å². The minimum absolute atomic E-state index is 0.554. The van der Waals surface area contributed by atoms with Gasteiger partial charge in [0.2, 0.25) is 0 Å². The summed E-state index contributed by atoms with van der Waals surface area (Å²) in [6.07, 6.45) is 5.92. The third-order valence-corrected chi connectivity index (χ3v) is 6.94. The number of H-pyrrole nitrogens is 1. The molecule has 0 fully saturated rings. The second-order valence-corrected chi connectivity index (χ2v) is 9.03. The molecule has 0 spiro atoms. The molecule has 0 saturated carbocycles. The molecule has 2 aromatic carbocycles. The monoisotopic (exact) mass is 420 g/mol. The fraction of sp³-hybridized carbons (Fsp3) is 0.333. The van der Waals surface area contributed by atoms with Gasteiger partial charge < -0.3 is 10.3 Å². The molecule has 1 aliphatic heterocycles. The van der Waals surface area contributed by atoms with Crippen molar-refractivity contribution in [2.45, 2.75) is 38.1 Å². The van der Waals surface area contributed by atoms with Gasteiger partial charge in [-0.2, -0.15) is 0 Å². The van der Waals surface area contributed by atoms with E-state index in [1.54, 1.807) is 5.56 Å². The average Bonchev–Trinajstić information content (AvgIpc) is 3.08. The van der Waals surface area contributed by atoms with Crippen LogP contribution in [0.15, 0.2) is 59.1 Å². The van der Waals surface area contributed by atoms with Gasteiger partial charge in [0.05, 0.1) is 0 Å². The highest BCUT2D eigenvalue weighted by Crippen LogP contribution is 2.41. The lowest BCUT2D eigenvalue weighted by Crippen LogP contribution is -2.41. The minimum atomic E-state index is 0.554. The van der Waals surface area contributed by atoms with Gasteiger partial charge in [0, 0.05) is 33.7 Å². The summed E-state index contributed by atoms with van der Waals surface area (Å²) in [5.41, 5.74) is 7.16. The molecule has 1 aliphatic carbocycles. The Labute approximate surface area is 169 Å². The SMILES string of the molecule is CC1CC(C2CC(c3ccc(Br)cc3)=CCN2)Cc2c1[nH]c1ccccc21. The van der Waals surface area contributed by atoms with Crippen LogP contribution in [-0.2, 0) is 6.42 Å². The highest BCUT2D eigenvalue weighted by atomic mass is 79.9. The van der Waals surface area contributed by atoms with Crippen LogP contribution in [0.5, 0.6) is 0 Å². The molecule has 2 N–H and O–H groups in total. The smallest absolute Gasteiger partial charge is 0.0459 e. The molecule has 5 rings (SSSR count). The molecule has 0 saturated heterocycles. The van der Waals surface area contributed by atoms with E-state index in [1.165, 1.54) is 40.6 Å². The van der Waals surface area contributed by atoms with E-state index in [1.807, 2.05) is 0 Å². The Morgan fingerprint density at radius 3 is 2.67 bits per heavy atom. The summed E-state index contributed by atoms with van der Waals surface area (Å²) in [6.45, 7) is 3.36. The van der Waals surface area contributed by atoms with Crippen LogP contribution in [0.4, 0.5) is 0 Å². The molecular formula is C24H25BrN2. The lowest BCUT2D eigenvalue weighted by atomic mass is 9.74. The summed E-state index contributed by atoms with van der Waals surface area (Å²) < 4.78 is 1.14. The van der Waals surface area contributed by atoms with Gasteiger partial charge >= 0.3 is 0 Å². The largest absolute Gasteiger partial charge is 0.358 e. The van der Waals surface area contributed by atoms with Gasteiger partial charge in [-0.25, -0.2) is 0 Å².